The average Bonchev–Trinajstić information content (AvgIpc) is 2.30. The number of hydrogen-bond donors (Lipinski definition) is 2. The molecule has 1 heterocycles. The zero-order valence-corrected chi connectivity index (χ0v) is 9.10. The van der Waals surface area contributed by atoms with E-state index in [4.69, 9.17) is 10.5 Å². The average molecular weight is 218 g/mol. The monoisotopic (exact) mass is 218 g/mol. The van der Waals surface area contributed by atoms with E-state index in [9.17, 15) is 0 Å². The summed E-state index contributed by atoms with van der Waals surface area (Å²) in [6.45, 7) is 1.34. The van der Waals surface area contributed by atoms with E-state index in [1.54, 1.807) is 7.11 Å². The maximum absolute atomic E-state index is 5.74. The molecule has 0 unspecified atom stereocenters. The molecule has 2 rings (SSSR count). The number of anilines is 2. The van der Waals surface area contributed by atoms with Crippen LogP contribution in [0.2, 0.25) is 0 Å². The van der Waals surface area contributed by atoms with Crippen LogP contribution in [0.3, 0.4) is 0 Å². The molecule has 1 aromatic carbocycles. The molecule has 0 saturated carbocycles. The molecule has 3 N–H and O–H groups in total. The Morgan fingerprint density at radius 2 is 2.25 bits per heavy atom. The minimum absolute atomic E-state index is 0.633. The number of nitrogen functional groups attached to an aromatic ring is 1. The van der Waals surface area contributed by atoms with Gasteiger partial charge in [0.05, 0.1) is 12.1 Å². The highest BCUT2D eigenvalue weighted by atomic mass is 16.5. The zero-order chi connectivity index (χ0) is 11.4. The number of fused-ring (bicyclic) bond motifs is 1. The van der Waals surface area contributed by atoms with Crippen molar-refractivity contribution in [1.82, 2.24) is 9.97 Å². The molecule has 5 heteroatoms. The van der Waals surface area contributed by atoms with Gasteiger partial charge in [-0.05, 0) is 18.2 Å². The first kappa shape index (κ1) is 10.6. The second-order valence-corrected chi connectivity index (χ2v) is 3.42. The highest BCUT2D eigenvalue weighted by Gasteiger charge is 2.02. The molecule has 0 bridgehead atoms. The Labute approximate surface area is 93.7 Å². The van der Waals surface area contributed by atoms with Crippen LogP contribution in [0.1, 0.15) is 0 Å². The third-order valence-corrected chi connectivity index (χ3v) is 2.26. The maximum Gasteiger partial charge on any atom is 0.137 e. The second kappa shape index (κ2) is 4.76. The molecule has 0 spiro atoms. The van der Waals surface area contributed by atoms with Crippen molar-refractivity contribution in [3.05, 3.63) is 24.5 Å². The molecular weight excluding hydrogens is 204 g/mol. The second-order valence-electron chi connectivity index (χ2n) is 3.42. The lowest BCUT2D eigenvalue weighted by atomic mass is 10.2. The Bertz CT molecular complexity index is 486. The number of nitrogens with two attached hydrogens (primary N) is 1. The Balaban J connectivity index is 2.32. The normalized spacial score (nSPS) is 10.6. The smallest absolute Gasteiger partial charge is 0.137 e. The predicted molar refractivity (Wildman–Crippen MR) is 64.3 cm³/mol. The maximum atomic E-state index is 5.74. The Hall–Kier alpha value is -1.88. The van der Waals surface area contributed by atoms with Gasteiger partial charge in [-0.1, -0.05) is 0 Å². The van der Waals surface area contributed by atoms with E-state index < -0.39 is 0 Å². The number of benzene rings is 1. The van der Waals surface area contributed by atoms with Crippen LogP contribution >= 0.6 is 0 Å². The van der Waals surface area contributed by atoms with Gasteiger partial charge in [-0.25, -0.2) is 9.97 Å². The van der Waals surface area contributed by atoms with E-state index in [0.29, 0.717) is 18.8 Å². The first-order valence-corrected chi connectivity index (χ1v) is 5.04. The highest BCUT2D eigenvalue weighted by molar-refractivity contribution is 5.91. The minimum atomic E-state index is 0.633. The van der Waals surface area contributed by atoms with Crippen LogP contribution in [0.25, 0.3) is 10.9 Å². The van der Waals surface area contributed by atoms with Gasteiger partial charge in [0.2, 0.25) is 0 Å². The third kappa shape index (κ3) is 2.20. The van der Waals surface area contributed by atoms with Crippen molar-refractivity contribution in [3.8, 4) is 0 Å². The van der Waals surface area contributed by atoms with Gasteiger partial charge in [0.25, 0.3) is 0 Å². The van der Waals surface area contributed by atoms with Gasteiger partial charge in [-0.15, -0.1) is 0 Å². The lowest BCUT2D eigenvalue weighted by Crippen LogP contribution is -2.09. The Morgan fingerprint density at radius 1 is 1.38 bits per heavy atom. The number of rotatable bonds is 4. The molecular formula is C11H14N4O. The summed E-state index contributed by atoms with van der Waals surface area (Å²) >= 11 is 0. The molecule has 0 atom stereocenters. The summed E-state index contributed by atoms with van der Waals surface area (Å²) in [6, 6.07) is 5.58. The van der Waals surface area contributed by atoms with E-state index in [1.165, 1.54) is 6.33 Å². The number of methoxy groups -OCH3 is 1. The van der Waals surface area contributed by atoms with Gasteiger partial charge in [0.15, 0.2) is 0 Å². The molecule has 0 amide bonds. The number of nitrogens with zero attached hydrogens (tertiary/aromatic N) is 2. The molecule has 1 aromatic heterocycles. The molecule has 2 aromatic rings. The largest absolute Gasteiger partial charge is 0.399 e. The van der Waals surface area contributed by atoms with Crippen LogP contribution in [0.15, 0.2) is 24.5 Å². The molecule has 0 saturated heterocycles. The quantitative estimate of drug-likeness (QED) is 0.597. The van der Waals surface area contributed by atoms with Crippen LogP contribution in [0, 0.1) is 0 Å². The summed E-state index contributed by atoms with van der Waals surface area (Å²) in [6.07, 6.45) is 1.54. The van der Waals surface area contributed by atoms with Gasteiger partial charge in [0, 0.05) is 24.7 Å². The Morgan fingerprint density at radius 3 is 3.06 bits per heavy atom. The van der Waals surface area contributed by atoms with Crippen LogP contribution < -0.4 is 11.1 Å². The van der Waals surface area contributed by atoms with Crippen molar-refractivity contribution in [1.29, 1.82) is 0 Å². The number of hydrogen-bond acceptors (Lipinski definition) is 5. The lowest BCUT2D eigenvalue weighted by Gasteiger charge is -2.07. The molecule has 5 nitrogen and oxygen atoms in total. The molecule has 0 aliphatic rings. The fraction of sp³-hybridized carbons (Fsp3) is 0.273. The summed E-state index contributed by atoms with van der Waals surface area (Å²) in [4.78, 5) is 8.36. The van der Waals surface area contributed by atoms with Crippen LogP contribution in [-0.4, -0.2) is 30.2 Å². The Kier molecular flexibility index (Phi) is 3.16. The van der Waals surface area contributed by atoms with Gasteiger partial charge < -0.3 is 15.8 Å². The molecule has 16 heavy (non-hydrogen) atoms. The van der Waals surface area contributed by atoms with Crippen molar-refractivity contribution in [3.63, 3.8) is 0 Å². The van der Waals surface area contributed by atoms with E-state index in [0.717, 1.165) is 16.7 Å². The van der Waals surface area contributed by atoms with E-state index in [1.807, 2.05) is 18.2 Å². The van der Waals surface area contributed by atoms with Crippen molar-refractivity contribution in [2.24, 2.45) is 0 Å². The first-order valence-electron chi connectivity index (χ1n) is 5.04. The third-order valence-electron chi connectivity index (χ3n) is 2.26. The fourth-order valence-corrected chi connectivity index (χ4v) is 1.49. The van der Waals surface area contributed by atoms with Crippen molar-refractivity contribution in [2.45, 2.75) is 0 Å². The van der Waals surface area contributed by atoms with E-state index in [2.05, 4.69) is 15.3 Å². The van der Waals surface area contributed by atoms with Crippen molar-refractivity contribution in [2.75, 3.05) is 31.3 Å². The SMILES string of the molecule is COCCNc1ncnc2ccc(N)cc12. The van der Waals surface area contributed by atoms with Gasteiger partial charge >= 0.3 is 0 Å². The van der Waals surface area contributed by atoms with Crippen LogP contribution in [0.5, 0.6) is 0 Å². The summed E-state index contributed by atoms with van der Waals surface area (Å²) < 4.78 is 4.97. The van der Waals surface area contributed by atoms with Gasteiger partial charge in [-0.2, -0.15) is 0 Å². The van der Waals surface area contributed by atoms with Crippen LogP contribution in [-0.2, 0) is 4.74 Å². The highest BCUT2D eigenvalue weighted by Crippen LogP contribution is 2.21. The van der Waals surface area contributed by atoms with Gasteiger partial charge in [-0.3, -0.25) is 0 Å². The summed E-state index contributed by atoms with van der Waals surface area (Å²) in [5, 5.41) is 4.11. The fourth-order valence-electron chi connectivity index (χ4n) is 1.49. The zero-order valence-electron chi connectivity index (χ0n) is 9.10. The summed E-state index contributed by atoms with van der Waals surface area (Å²) in [5.41, 5.74) is 7.32. The van der Waals surface area contributed by atoms with Crippen molar-refractivity contribution >= 4 is 22.4 Å². The molecule has 84 valence electrons. The standard InChI is InChI=1S/C11H14N4O/c1-16-5-4-13-11-9-6-8(12)2-3-10(9)14-7-15-11/h2-3,6-7H,4-5,12H2,1H3,(H,13,14,15). The topological polar surface area (TPSA) is 73.1 Å². The molecule has 0 fully saturated rings. The number of nitrogens with one attached hydrogen (secondary N) is 1. The molecule has 0 aliphatic heterocycles. The van der Waals surface area contributed by atoms with Gasteiger partial charge in [0.1, 0.15) is 12.1 Å². The van der Waals surface area contributed by atoms with Crippen molar-refractivity contribution < 1.29 is 4.74 Å². The molecule has 0 aliphatic carbocycles. The number of ether oxygens (including phenoxy) is 1. The minimum Gasteiger partial charge on any atom is -0.399 e. The summed E-state index contributed by atoms with van der Waals surface area (Å²) in [7, 11) is 1.66. The number of aromatic nitrogens is 2. The van der Waals surface area contributed by atoms with E-state index >= 15 is 0 Å². The molecule has 0 radical (unpaired) electrons. The van der Waals surface area contributed by atoms with Crippen LogP contribution in [0.4, 0.5) is 11.5 Å². The first-order chi connectivity index (χ1) is 7.81. The predicted octanol–water partition coefficient (Wildman–Crippen LogP) is 1.27. The summed E-state index contributed by atoms with van der Waals surface area (Å²) in [5.74, 6) is 0.786. The van der Waals surface area contributed by atoms with E-state index in [-0.39, 0.29) is 0 Å². The lowest BCUT2D eigenvalue weighted by molar-refractivity contribution is 0.210.